The summed E-state index contributed by atoms with van der Waals surface area (Å²) in [5.74, 6) is 0. The Labute approximate surface area is 107 Å². The molecule has 18 heavy (non-hydrogen) atoms. The Bertz CT molecular complexity index is 678. The normalized spacial score (nSPS) is 11.7. The van der Waals surface area contributed by atoms with Gasteiger partial charge in [0, 0.05) is 19.5 Å². The molecule has 4 nitrogen and oxygen atoms in total. The van der Waals surface area contributed by atoms with E-state index < -0.39 is 10.0 Å². The zero-order valence-corrected chi connectivity index (χ0v) is 11.5. The lowest BCUT2D eigenvalue weighted by Crippen LogP contribution is -2.22. The highest BCUT2D eigenvalue weighted by Crippen LogP contribution is 2.31. The fraction of sp³-hybridized carbons (Fsp3) is 0.231. The lowest BCUT2D eigenvalue weighted by atomic mass is 10.1. The predicted molar refractivity (Wildman–Crippen MR) is 74.5 cm³/mol. The van der Waals surface area contributed by atoms with E-state index in [-0.39, 0.29) is 0 Å². The van der Waals surface area contributed by atoms with Gasteiger partial charge in [-0.05, 0) is 18.5 Å². The van der Waals surface area contributed by atoms with Crippen LogP contribution in [0, 0.1) is 0 Å². The average Bonchev–Trinajstić information content (AvgIpc) is 2.37. The van der Waals surface area contributed by atoms with E-state index >= 15 is 0 Å². The number of nitrogens with zero attached hydrogens (tertiary/aromatic N) is 1. The summed E-state index contributed by atoms with van der Waals surface area (Å²) in [6.07, 6.45) is 0. The molecule has 2 rings (SSSR count). The van der Waals surface area contributed by atoms with Crippen molar-refractivity contribution in [3.8, 4) is 0 Å². The van der Waals surface area contributed by atoms with Gasteiger partial charge in [0.1, 0.15) is 4.90 Å². The van der Waals surface area contributed by atoms with Crippen LogP contribution in [0.15, 0.2) is 41.3 Å². The lowest BCUT2D eigenvalue weighted by Gasteiger charge is -2.19. The van der Waals surface area contributed by atoms with Crippen LogP contribution in [0.1, 0.15) is 0 Å². The molecule has 0 aliphatic heterocycles. The Morgan fingerprint density at radius 1 is 1.06 bits per heavy atom. The van der Waals surface area contributed by atoms with Gasteiger partial charge in [-0.3, -0.25) is 0 Å². The van der Waals surface area contributed by atoms with Crippen LogP contribution in [0.4, 0.5) is 5.69 Å². The molecule has 0 fully saturated rings. The molecule has 96 valence electrons. The molecule has 0 heterocycles. The van der Waals surface area contributed by atoms with Gasteiger partial charge < -0.3 is 4.90 Å². The van der Waals surface area contributed by atoms with E-state index in [1.165, 1.54) is 7.05 Å². The Morgan fingerprint density at radius 3 is 2.33 bits per heavy atom. The third kappa shape index (κ3) is 2.07. The summed E-state index contributed by atoms with van der Waals surface area (Å²) in [5, 5.41) is 1.65. The van der Waals surface area contributed by atoms with Crippen molar-refractivity contribution in [1.29, 1.82) is 0 Å². The van der Waals surface area contributed by atoms with E-state index in [1.54, 1.807) is 4.90 Å². The second-order valence-electron chi connectivity index (χ2n) is 4.24. The first-order valence-electron chi connectivity index (χ1n) is 5.60. The van der Waals surface area contributed by atoms with Crippen LogP contribution in [-0.4, -0.2) is 29.6 Å². The van der Waals surface area contributed by atoms with Crippen molar-refractivity contribution in [1.82, 2.24) is 4.72 Å². The van der Waals surface area contributed by atoms with E-state index in [0.29, 0.717) is 10.6 Å². The van der Waals surface area contributed by atoms with E-state index in [9.17, 15) is 8.42 Å². The molecular weight excluding hydrogens is 248 g/mol. The lowest BCUT2D eigenvalue weighted by molar-refractivity contribution is 0.589. The van der Waals surface area contributed by atoms with Crippen LogP contribution in [0.5, 0.6) is 0 Å². The second-order valence-corrected chi connectivity index (χ2v) is 6.06. The summed E-state index contributed by atoms with van der Waals surface area (Å²) in [6, 6.07) is 11.2. The molecule has 0 saturated heterocycles. The molecule has 5 heteroatoms. The van der Waals surface area contributed by atoms with Gasteiger partial charge in [0.15, 0.2) is 0 Å². The molecule has 0 aliphatic rings. The summed E-state index contributed by atoms with van der Waals surface area (Å²) in [6.45, 7) is 0. The van der Waals surface area contributed by atoms with Crippen molar-refractivity contribution >= 4 is 26.5 Å². The molecule has 0 amide bonds. The topological polar surface area (TPSA) is 49.4 Å². The molecule has 0 bridgehead atoms. The molecule has 0 radical (unpaired) electrons. The molecule has 0 aromatic heterocycles. The van der Waals surface area contributed by atoms with E-state index in [0.717, 1.165) is 10.8 Å². The second kappa shape index (κ2) is 4.59. The Morgan fingerprint density at radius 2 is 1.72 bits per heavy atom. The van der Waals surface area contributed by atoms with Gasteiger partial charge >= 0.3 is 0 Å². The molecule has 0 spiro atoms. The highest BCUT2D eigenvalue weighted by atomic mass is 32.2. The predicted octanol–water partition coefficient (Wildman–Crippen LogP) is 1.81. The van der Waals surface area contributed by atoms with Crippen LogP contribution in [0.3, 0.4) is 0 Å². The molecular formula is C13H16N2O2S. The first kappa shape index (κ1) is 12.9. The number of benzene rings is 2. The van der Waals surface area contributed by atoms with E-state index in [2.05, 4.69) is 4.72 Å². The van der Waals surface area contributed by atoms with Gasteiger partial charge in [-0.2, -0.15) is 0 Å². The summed E-state index contributed by atoms with van der Waals surface area (Å²) >= 11 is 0. The van der Waals surface area contributed by atoms with Gasteiger partial charge in [0.05, 0.1) is 5.69 Å². The number of anilines is 1. The van der Waals surface area contributed by atoms with Gasteiger partial charge in [-0.25, -0.2) is 13.1 Å². The maximum absolute atomic E-state index is 12.2. The minimum atomic E-state index is -3.49. The molecule has 0 aliphatic carbocycles. The standard InChI is InChI=1S/C13H16N2O2S/c1-14-18(16,17)13-11-7-5-4-6-10(11)8-9-12(13)15(2)3/h4-9,14H,1-3H3. The molecule has 0 unspecified atom stereocenters. The monoisotopic (exact) mass is 264 g/mol. The molecule has 2 aromatic carbocycles. The summed E-state index contributed by atoms with van der Waals surface area (Å²) in [4.78, 5) is 2.13. The number of fused-ring (bicyclic) bond motifs is 1. The van der Waals surface area contributed by atoms with Crippen molar-refractivity contribution in [2.24, 2.45) is 0 Å². The first-order valence-corrected chi connectivity index (χ1v) is 7.08. The van der Waals surface area contributed by atoms with E-state index in [4.69, 9.17) is 0 Å². The van der Waals surface area contributed by atoms with Crippen molar-refractivity contribution in [3.05, 3.63) is 36.4 Å². The zero-order chi connectivity index (χ0) is 13.3. The highest BCUT2D eigenvalue weighted by molar-refractivity contribution is 7.89. The quantitative estimate of drug-likeness (QED) is 0.920. The minimum Gasteiger partial charge on any atom is -0.377 e. The van der Waals surface area contributed by atoms with Crippen molar-refractivity contribution in [2.45, 2.75) is 4.90 Å². The third-order valence-corrected chi connectivity index (χ3v) is 4.38. The number of hydrogen-bond acceptors (Lipinski definition) is 3. The van der Waals surface area contributed by atoms with Crippen molar-refractivity contribution < 1.29 is 8.42 Å². The van der Waals surface area contributed by atoms with Crippen molar-refractivity contribution in [3.63, 3.8) is 0 Å². The Balaban J connectivity index is 2.92. The van der Waals surface area contributed by atoms with Gasteiger partial charge in [-0.1, -0.05) is 30.3 Å². The van der Waals surface area contributed by atoms with Gasteiger partial charge in [-0.15, -0.1) is 0 Å². The van der Waals surface area contributed by atoms with Crippen LogP contribution in [0.2, 0.25) is 0 Å². The fourth-order valence-electron chi connectivity index (χ4n) is 1.97. The Hall–Kier alpha value is -1.59. The van der Waals surface area contributed by atoms with Gasteiger partial charge in [0.2, 0.25) is 10.0 Å². The summed E-state index contributed by atoms with van der Waals surface area (Å²) < 4.78 is 26.8. The van der Waals surface area contributed by atoms with Gasteiger partial charge in [0.25, 0.3) is 0 Å². The zero-order valence-electron chi connectivity index (χ0n) is 10.6. The smallest absolute Gasteiger partial charge is 0.242 e. The number of nitrogens with one attached hydrogen (secondary N) is 1. The summed E-state index contributed by atoms with van der Waals surface area (Å²) in [7, 11) is 1.60. The first-order chi connectivity index (χ1) is 8.47. The van der Waals surface area contributed by atoms with Crippen LogP contribution < -0.4 is 9.62 Å². The van der Waals surface area contributed by atoms with Crippen LogP contribution >= 0.6 is 0 Å². The molecule has 1 N–H and O–H groups in total. The summed E-state index contributed by atoms with van der Waals surface area (Å²) in [5.41, 5.74) is 0.683. The number of rotatable bonds is 3. The van der Waals surface area contributed by atoms with Crippen molar-refractivity contribution in [2.75, 3.05) is 26.0 Å². The number of hydrogen-bond donors (Lipinski definition) is 1. The third-order valence-electron chi connectivity index (χ3n) is 2.88. The minimum absolute atomic E-state index is 0.327. The maximum atomic E-state index is 12.2. The van der Waals surface area contributed by atoms with Crippen LogP contribution in [-0.2, 0) is 10.0 Å². The molecule has 0 atom stereocenters. The molecule has 2 aromatic rings. The SMILES string of the molecule is CNS(=O)(=O)c1c(N(C)C)ccc2ccccc12. The fourth-order valence-corrected chi connectivity index (χ4v) is 3.17. The molecule has 0 saturated carbocycles. The van der Waals surface area contributed by atoms with Crippen LogP contribution in [0.25, 0.3) is 10.8 Å². The highest BCUT2D eigenvalue weighted by Gasteiger charge is 2.21. The largest absolute Gasteiger partial charge is 0.377 e. The van der Waals surface area contributed by atoms with E-state index in [1.807, 2.05) is 50.5 Å². The average molecular weight is 264 g/mol. The number of sulfonamides is 1. The maximum Gasteiger partial charge on any atom is 0.242 e. The Kier molecular flexibility index (Phi) is 3.28.